The zero-order valence-electron chi connectivity index (χ0n) is 20.4. The molecule has 0 amide bonds. The van der Waals surface area contributed by atoms with Gasteiger partial charge in [-0.05, 0) is 56.4 Å². The molecule has 0 saturated carbocycles. The molecule has 34 heavy (non-hydrogen) atoms. The van der Waals surface area contributed by atoms with Crippen LogP contribution in [0.2, 0.25) is 0 Å². The van der Waals surface area contributed by atoms with Crippen molar-refractivity contribution >= 4 is 23.2 Å². The Labute approximate surface area is 201 Å². The topological polar surface area (TPSA) is 59.8 Å². The van der Waals surface area contributed by atoms with Crippen molar-refractivity contribution in [2.75, 3.05) is 31.2 Å². The number of hydrogen-bond acceptors (Lipinski definition) is 6. The Balaban J connectivity index is 1.20. The smallest absolute Gasteiger partial charge is 0.161 e. The number of rotatable bonds is 4. The lowest BCUT2D eigenvalue weighted by Gasteiger charge is -2.42. The quantitative estimate of drug-likeness (QED) is 0.610. The molecule has 1 aliphatic carbocycles. The Morgan fingerprint density at radius 3 is 2.59 bits per heavy atom. The average Bonchev–Trinajstić information content (AvgIpc) is 3.45. The lowest BCUT2D eigenvalue weighted by molar-refractivity contribution is 0.171. The maximum Gasteiger partial charge on any atom is 0.161 e. The number of aromatic nitrogens is 2. The molecule has 6 heteroatoms. The SMILES string of the molecule is CCC1(C2=NC(C)=C(c3ccc4c(c3)OCCO4)C2)CCN(c2ncnc3c2C=C(C)C3)CC1. The Hall–Kier alpha value is -3.15. The van der Waals surface area contributed by atoms with Gasteiger partial charge in [0.1, 0.15) is 25.4 Å². The van der Waals surface area contributed by atoms with Crippen LogP contribution in [0.4, 0.5) is 5.82 Å². The van der Waals surface area contributed by atoms with E-state index in [0.29, 0.717) is 13.2 Å². The lowest BCUT2D eigenvalue weighted by atomic mass is 9.71. The minimum absolute atomic E-state index is 0.148. The summed E-state index contributed by atoms with van der Waals surface area (Å²) in [5, 5.41) is 0. The molecule has 6 rings (SSSR count). The van der Waals surface area contributed by atoms with Crippen LogP contribution in [-0.2, 0) is 6.42 Å². The van der Waals surface area contributed by atoms with Crippen molar-refractivity contribution in [2.45, 2.75) is 52.9 Å². The van der Waals surface area contributed by atoms with E-state index in [-0.39, 0.29) is 5.41 Å². The number of allylic oxidation sites excluding steroid dienone is 3. The van der Waals surface area contributed by atoms with E-state index >= 15 is 0 Å². The number of benzene rings is 1. The van der Waals surface area contributed by atoms with Crippen molar-refractivity contribution in [1.82, 2.24) is 9.97 Å². The lowest BCUT2D eigenvalue weighted by Crippen LogP contribution is -2.44. The van der Waals surface area contributed by atoms with E-state index in [2.05, 4.69) is 53.8 Å². The van der Waals surface area contributed by atoms with E-state index in [9.17, 15) is 0 Å². The van der Waals surface area contributed by atoms with E-state index in [1.165, 1.54) is 33.7 Å². The normalized spacial score (nSPS) is 20.9. The van der Waals surface area contributed by atoms with Crippen LogP contribution < -0.4 is 14.4 Å². The number of nitrogens with zero attached hydrogens (tertiary/aromatic N) is 4. The molecule has 0 N–H and O–H groups in total. The zero-order valence-corrected chi connectivity index (χ0v) is 20.4. The predicted molar refractivity (Wildman–Crippen MR) is 136 cm³/mol. The molecule has 0 spiro atoms. The van der Waals surface area contributed by atoms with Crippen molar-refractivity contribution in [3.8, 4) is 11.5 Å². The number of fused-ring (bicyclic) bond motifs is 2. The molecule has 176 valence electrons. The third kappa shape index (κ3) is 3.51. The van der Waals surface area contributed by atoms with Crippen LogP contribution in [0, 0.1) is 5.41 Å². The number of anilines is 1. The third-order valence-electron chi connectivity index (χ3n) is 8.07. The van der Waals surface area contributed by atoms with Gasteiger partial charge in [0, 0.05) is 48.3 Å². The zero-order chi connectivity index (χ0) is 23.3. The van der Waals surface area contributed by atoms with Gasteiger partial charge in [0.2, 0.25) is 0 Å². The van der Waals surface area contributed by atoms with Gasteiger partial charge in [0.15, 0.2) is 11.5 Å². The van der Waals surface area contributed by atoms with Gasteiger partial charge in [-0.1, -0.05) is 24.6 Å². The number of hydrogen-bond donors (Lipinski definition) is 0. The summed E-state index contributed by atoms with van der Waals surface area (Å²) >= 11 is 0. The maximum atomic E-state index is 5.83. The van der Waals surface area contributed by atoms with Crippen molar-refractivity contribution in [3.63, 3.8) is 0 Å². The van der Waals surface area contributed by atoms with Crippen LogP contribution in [0.1, 0.15) is 63.3 Å². The minimum atomic E-state index is 0.148. The molecule has 4 heterocycles. The fourth-order valence-electron chi connectivity index (χ4n) is 5.97. The third-order valence-corrected chi connectivity index (χ3v) is 8.07. The Kier molecular flexibility index (Phi) is 5.19. The summed E-state index contributed by atoms with van der Waals surface area (Å²) in [6.07, 6.45) is 9.18. The summed E-state index contributed by atoms with van der Waals surface area (Å²) < 4.78 is 11.5. The van der Waals surface area contributed by atoms with Gasteiger partial charge in [0.25, 0.3) is 0 Å². The molecular formula is C28H32N4O2. The monoisotopic (exact) mass is 456 g/mol. The molecule has 1 fully saturated rings. The standard InChI is InChI=1S/C28H32N4O2/c1-4-28(7-9-32(10-8-28)27-22-13-18(2)14-23(22)29-17-30-27)26-16-21(19(3)31-26)20-5-6-24-25(15-20)34-12-11-33-24/h5-6,13,15,17H,4,7-12,14,16H2,1-3H3. The summed E-state index contributed by atoms with van der Waals surface area (Å²) in [6, 6.07) is 6.31. The Morgan fingerprint density at radius 1 is 1.00 bits per heavy atom. The van der Waals surface area contributed by atoms with Crippen molar-refractivity contribution < 1.29 is 9.47 Å². The highest BCUT2D eigenvalue weighted by Crippen LogP contribution is 2.45. The fraction of sp³-hybridized carbons (Fsp3) is 0.464. The fourth-order valence-corrected chi connectivity index (χ4v) is 5.97. The van der Waals surface area contributed by atoms with Gasteiger partial charge in [-0.3, -0.25) is 4.99 Å². The summed E-state index contributed by atoms with van der Waals surface area (Å²) in [7, 11) is 0. The van der Waals surface area contributed by atoms with Gasteiger partial charge < -0.3 is 14.4 Å². The molecule has 0 bridgehead atoms. The van der Waals surface area contributed by atoms with E-state index in [1.54, 1.807) is 6.33 Å². The summed E-state index contributed by atoms with van der Waals surface area (Å²) in [6.45, 7) is 9.88. The van der Waals surface area contributed by atoms with Crippen LogP contribution in [0.25, 0.3) is 11.6 Å². The second-order valence-corrected chi connectivity index (χ2v) is 10.0. The molecule has 0 atom stereocenters. The number of aliphatic imine (C=N–C) groups is 1. The first-order valence-corrected chi connectivity index (χ1v) is 12.5. The van der Waals surface area contributed by atoms with Crippen LogP contribution >= 0.6 is 0 Å². The second kappa shape index (κ2) is 8.26. The van der Waals surface area contributed by atoms with Crippen molar-refractivity contribution in [2.24, 2.45) is 10.4 Å². The van der Waals surface area contributed by atoms with E-state index in [1.807, 2.05) is 6.07 Å². The van der Waals surface area contributed by atoms with Gasteiger partial charge in [-0.15, -0.1) is 0 Å². The van der Waals surface area contributed by atoms with Gasteiger partial charge in [-0.2, -0.15) is 0 Å². The summed E-state index contributed by atoms with van der Waals surface area (Å²) in [4.78, 5) is 16.8. The molecule has 4 aliphatic rings. The molecular weight excluding hydrogens is 424 g/mol. The molecule has 0 radical (unpaired) electrons. The highest BCUT2D eigenvalue weighted by atomic mass is 16.6. The molecule has 1 aromatic carbocycles. The van der Waals surface area contributed by atoms with Crippen molar-refractivity contribution in [3.05, 3.63) is 52.6 Å². The van der Waals surface area contributed by atoms with Gasteiger partial charge >= 0.3 is 0 Å². The van der Waals surface area contributed by atoms with E-state index in [4.69, 9.17) is 14.5 Å². The summed E-state index contributed by atoms with van der Waals surface area (Å²) in [5.41, 5.74) is 8.90. The Bertz CT molecular complexity index is 1230. The first-order chi connectivity index (χ1) is 16.6. The molecule has 2 aromatic rings. The first kappa shape index (κ1) is 21.4. The van der Waals surface area contributed by atoms with Crippen molar-refractivity contribution in [1.29, 1.82) is 0 Å². The van der Waals surface area contributed by atoms with Crippen LogP contribution in [0.15, 0.2) is 40.8 Å². The van der Waals surface area contributed by atoms with Crippen LogP contribution in [0.5, 0.6) is 11.5 Å². The number of ether oxygens (including phenoxy) is 2. The first-order valence-electron chi connectivity index (χ1n) is 12.5. The Morgan fingerprint density at radius 2 is 1.79 bits per heavy atom. The average molecular weight is 457 g/mol. The van der Waals surface area contributed by atoms with E-state index < -0.39 is 0 Å². The van der Waals surface area contributed by atoms with Crippen LogP contribution in [-0.4, -0.2) is 42.0 Å². The van der Waals surface area contributed by atoms with Gasteiger partial charge in [0.05, 0.1) is 5.69 Å². The molecule has 1 aromatic heterocycles. The largest absolute Gasteiger partial charge is 0.486 e. The van der Waals surface area contributed by atoms with E-state index in [0.717, 1.165) is 68.2 Å². The predicted octanol–water partition coefficient (Wildman–Crippen LogP) is 5.48. The van der Waals surface area contributed by atoms with Crippen LogP contribution in [0.3, 0.4) is 0 Å². The molecule has 6 nitrogen and oxygen atoms in total. The number of piperidine rings is 1. The minimum Gasteiger partial charge on any atom is -0.486 e. The van der Waals surface area contributed by atoms with Gasteiger partial charge in [-0.25, -0.2) is 9.97 Å². The highest BCUT2D eigenvalue weighted by Gasteiger charge is 2.40. The maximum absolute atomic E-state index is 5.83. The molecule has 0 unspecified atom stereocenters. The molecule has 3 aliphatic heterocycles. The second-order valence-electron chi connectivity index (χ2n) is 10.0. The summed E-state index contributed by atoms with van der Waals surface area (Å²) in [5.74, 6) is 2.79. The molecule has 1 saturated heterocycles. The highest BCUT2D eigenvalue weighted by molar-refractivity contribution is 6.03.